The predicted octanol–water partition coefficient (Wildman–Crippen LogP) is 3.98. The fourth-order valence-corrected chi connectivity index (χ4v) is 1.29. The van der Waals surface area contributed by atoms with Gasteiger partial charge in [0.2, 0.25) is 0 Å². The van der Waals surface area contributed by atoms with Gasteiger partial charge in [0.25, 0.3) is 0 Å². The standard InChI is InChI=1S/C9H8ClF3/c1-5-3-4-7(9(11,12)13)6(2)8(5)10/h3-4H,1-2H3. The fourth-order valence-electron chi connectivity index (χ4n) is 1.13. The molecule has 0 aliphatic rings. The van der Waals surface area contributed by atoms with Crippen LogP contribution in [0, 0.1) is 13.8 Å². The summed E-state index contributed by atoms with van der Waals surface area (Å²) < 4.78 is 36.9. The third-order valence-corrected chi connectivity index (χ3v) is 2.47. The maximum Gasteiger partial charge on any atom is 0.416 e. The van der Waals surface area contributed by atoms with Gasteiger partial charge in [-0.25, -0.2) is 0 Å². The zero-order chi connectivity index (χ0) is 10.2. The zero-order valence-electron chi connectivity index (χ0n) is 7.17. The van der Waals surface area contributed by atoms with Crippen molar-refractivity contribution in [3.63, 3.8) is 0 Å². The van der Waals surface area contributed by atoms with E-state index in [9.17, 15) is 13.2 Å². The largest absolute Gasteiger partial charge is 0.416 e. The van der Waals surface area contributed by atoms with Crippen molar-refractivity contribution < 1.29 is 13.2 Å². The van der Waals surface area contributed by atoms with Gasteiger partial charge in [-0.05, 0) is 31.0 Å². The lowest BCUT2D eigenvalue weighted by Crippen LogP contribution is -2.07. The highest BCUT2D eigenvalue weighted by atomic mass is 35.5. The topological polar surface area (TPSA) is 0 Å². The first-order valence-corrected chi connectivity index (χ1v) is 4.04. The Morgan fingerprint density at radius 3 is 2.15 bits per heavy atom. The second-order valence-corrected chi connectivity index (χ2v) is 3.24. The Kier molecular flexibility index (Phi) is 2.57. The summed E-state index contributed by atoms with van der Waals surface area (Å²) in [5, 5.41) is 0.190. The molecule has 1 rings (SSSR count). The van der Waals surface area contributed by atoms with Gasteiger partial charge in [-0.2, -0.15) is 13.2 Å². The smallest absolute Gasteiger partial charge is 0.166 e. The van der Waals surface area contributed by atoms with E-state index in [1.807, 2.05) is 0 Å². The van der Waals surface area contributed by atoms with E-state index in [1.54, 1.807) is 6.92 Å². The molecule has 0 unspecified atom stereocenters. The number of hydrogen-bond donors (Lipinski definition) is 0. The molecule has 0 saturated heterocycles. The van der Waals surface area contributed by atoms with Gasteiger partial charge in [0.15, 0.2) is 0 Å². The first kappa shape index (κ1) is 10.4. The second kappa shape index (κ2) is 3.22. The quantitative estimate of drug-likeness (QED) is 0.605. The molecule has 0 saturated carbocycles. The zero-order valence-corrected chi connectivity index (χ0v) is 7.92. The molecule has 0 aliphatic carbocycles. The van der Waals surface area contributed by atoms with E-state index in [1.165, 1.54) is 13.0 Å². The lowest BCUT2D eigenvalue weighted by Gasteiger charge is -2.12. The minimum atomic E-state index is -4.32. The minimum Gasteiger partial charge on any atom is -0.166 e. The molecule has 0 fully saturated rings. The molecule has 0 aromatic heterocycles. The maximum atomic E-state index is 12.3. The fraction of sp³-hybridized carbons (Fsp3) is 0.333. The molecule has 4 heteroatoms. The third-order valence-electron chi connectivity index (χ3n) is 1.88. The van der Waals surface area contributed by atoms with Gasteiger partial charge in [0.05, 0.1) is 5.56 Å². The molecule has 0 bridgehead atoms. The molecule has 1 aromatic rings. The molecular formula is C9H8ClF3. The molecule has 0 radical (unpaired) electrons. The number of rotatable bonds is 0. The third kappa shape index (κ3) is 1.97. The monoisotopic (exact) mass is 208 g/mol. The normalized spacial score (nSPS) is 11.8. The summed E-state index contributed by atoms with van der Waals surface area (Å²) in [6.07, 6.45) is -4.32. The predicted molar refractivity (Wildman–Crippen MR) is 45.9 cm³/mol. The van der Waals surface area contributed by atoms with Crippen molar-refractivity contribution in [3.05, 3.63) is 33.8 Å². The molecule has 0 N–H and O–H groups in total. The highest BCUT2D eigenvalue weighted by Gasteiger charge is 2.32. The minimum absolute atomic E-state index is 0.0918. The van der Waals surface area contributed by atoms with Crippen LogP contribution in [-0.4, -0.2) is 0 Å². The summed E-state index contributed by atoms with van der Waals surface area (Å²) in [5.74, 6) is 0. The van der Waals surface area contributed by atoms with Gasteiger partial charge in [-0.1, -0.05) is 17.7 Å². The van der Waals surface area contributed by atoms with Crippen molar-refractivity contribution in [1.82, 2.24) is 0 Å². The molecule has 0 heterocycles. The van der Waals surface area contributed by atoms with Crippen molar-refractivity contribution in [2.75, 3.05) is 0 Å². The van der Waals surface area contributed by atoms with Crippen LogP contribution in [0.1, 0.15) is 16.7 Å². The van der Waals surface area contributed by atoms with Crippen molar-refractivity contribution in [1.29, 1.82) is 0 Å². The van der Waals surface area contributed by atoms with Gasteiger partial charge in [0.1, 0.15) is 0 Å². The molecule has 1 aromatic carbocycles. The van der Waals surface area contributed by atoms with Crippen molar-refractivity contribution in [2.45, 2.75) is 20.0 Å². The summed E-state index contributed by atoms with van der Waals surface area (Å²) in [6.45, 7) is 3.05. The number of hydrogen-bond acceptors (Lipinski definition) is 0. The Balaban J connectivity index is 3.35. The van der Waals surface area contributed by atoms with Crippen LogP contribution in [0.2, 0.25) is 5.02 Å². The highest BCUT2D eigenvalue weighted by Crippen LogP contribution is 2.35. The molecule has 0 atom stereocenters. The van der Waals surface area contributed by atoms with E-state index in [0.717, 1.165) is 6.07 Å². The summed E-state index contributed by atoms with van der Waals surface area (Å²) in [7, 11) is 0. The van der Waals surface area contributed by atoms with Crippen molar-refractivity contribution in [3.8, 4) is 0 Å². The van der Waals surface area contributed by atoms with Crippen molar-refractivity contribution >= 4 is 11.6 Å². The van der Waals surface area contributed by atoms with Crippen LogP contribution in [0.5, 0.6) is 0 Å². The molecule has 0 aliphatic heterocycles. The Morgan fingerprint density at radius 1 is 1.15 bits per heavy atom. The Bertz CT molecular complexity index is 328. The summed E-state index contributed by atoms with van der Waals surface area (Å²) in [5.41, 5.74) is 0.0874. The van der Waals surface area contributed by atoms with Crippen LogP contribution in [-0.2, 0) is 6.18 Å². The van der Waals surface area contributed by atoms with Crippen LogP contribution in [0.25, 0.3) is 0 Å². The molecule has 13 heavy (non-hydrogen) atoms. The van der Waals surface area contributed by atoms with E-state index in [4.69, 9.17) is 11.6 Å². The van der Waals surface area contributed by atoms with Crippen LogP contribution >= 0.6 is 11.6 Å². The van der Waals surface area contributed by atoms with E-state index in [0.29, 0.717) is 5.56 Å². The van der Waals surface area contributed by atoms with E-state index >= 15 is 0 Å². The lowest BCUT2D eigenvalue weighted by atomic mass is 10.1. The van der Waals surface area contributed by atoms with E-state index in [-0.39, 0.29) is 10.6 Å². The Hall–Kier alpha value is -0.700. The van der Waals surface area contributed by atoms with Crippen molar-refractivity contribution in [2.24, 2.45) is 0 Å². The number of benzene rings is 1. The molecule has 0 spiro atoms. The van der Waals surface area contributed by atoms with Gasteiger partial charge in [-0.15, -0.1) is 0 Å². The van der Waals surface area contributed by atoms with Gasteiger partial charge in [-0.3, -0.25) is 0 Å². The Morgan fingerprint density at radius 2 is 1.69 bits per heavy atom. The van der Waals surface area contributed by atoms with Crippen LogP contribution in [0.4, 0.5) is 13.2 Å². The summed E-state index contributed by atoms with van der Waals surface area (Å²) >= 11 is 5.69. The first-order valence-electron chi connectivity index (χ1n) is 3.67. The van der Waals surface area contributed by atoms with Crippen LogP contribution < -0.4 is 0 Å². The number of alkyl halides is 3. The van der Waals surface area contributed by atoms with Crippen LogP contribution in [0.15, 0.2) is 12.1 Å². The molecule has 72 valence electrons. The summed E-state index contributed by atoms with van der Waals surface area (Å²) in [4.78, 5) is 0. The van der Waals surface area contributed by atoms with Gasteiger partial charge in [0, 0.05) is 5.02 Å². The second-order valence-electron chi connectivity index (χ2n) is 2.87. The molecule has 0 amide bonds. The average Bonchev–Trinajstić information content (AvgIpc) is 1.98. The number of halogens is 4. The van der Waals surface area contributed by atoms with Gasteiger partial charge >= 0.3 is 6.18 Å². The maximum absolute atomic E-state index is 12.3. The van der Waals surface area contributed by atoms with E-state index in [2.05, 4.69) is 0 Å². The number of aryl methyl sites for hydroxylation is 1. The SMILES string of the molecule is Cc1ccc(C(F)(F)F)c(C)c1Cl. The van der Waals surface area contributed by atoms with Crippen LogP contribution in [0.3, 0.4) is 0 Å². The first-order chi connectivity index (χ1) is 5.84. The summed E-state index contributed by atoms with van der Waals surface area (Å²) in [6, 6.07) is 2.43. The molecule has 0 nitrogen and oxygen atoms in total. The van der Waals surface area contributed by atoms with Gasteiger partial charge < -0.3 is 0 Å². The Labute approximate surface area is 79.3 Å². The lowest BCUT2D eigenvalue weighted by molar-refractivity contribution is -0.138. The highest BCUT2D eigenvalue weighted by molar-refractivity contribution is 6.32. The average molecular weight is 209 g/mol. The van der Waals surface area contributed by atoms with E-state index < -0.39 is 11.7 Å². The molecular weight excluding hydrogens is 201 g/mol.